The highest BCUT2D eigenvalue weighted by Gasteiger charge is 2.38. The maximum Gasteiger partial charge on any atom is 0.0507 e. The number of hydrogen-bond acceptors (Lipinski definition) is 3. The molecular weight excluding hydrogens is 264 g/mol. The molecule has 2 atom stereocenters. The van der Waals surface area contributed by atoms with Crippen LogP contribution in [0, 0.1) is 11.8 Å². The van der Waals surface area contributed by atoms with Gasteiger partial charge in [-0.05, 0) is 43.1 Å². The van der Waals surface area contributed by atoms with Crippen LogP contribution in [0.2, 0.25) is 0 Å². The van der Waals surface area contributed by atoms with Gasteiger partial charge in [-0.15, -0.1) is 11.8 Å². The molecule has 2 fully saturated rings. The van der Waals surface area contributed by atoms with Gasteiger partial charge >= 0.3 is 0 Å². The zero-order valence-electron chi connectivity index (χ0n) is 12.8. The average molecular weight is 290 g/mol. The number of benzene rings is 1. The number of hydrogen-bond donors (Lipinski definition) is 1. The standard InChI is InChI=1S/C17H26N2S/c1-12(2)16-10-18-14(13-8-9-13)11-19(16)15-6-4-5-7-17(15)20-3/h4-7,12-14,16,18H,8-11H2,1-3H3. The summed E-state index contributed by atoms with van der Waals surface area (Å²) in [7, 11) is 0. The molecule has 20 heavy (non-hydrogen) atoms. The van der Waals surface area contributed by atoms with Crippen LogP contribution in [0.25, 0.3) is 0 Å². The predicted octanol–water partition coefficient (Wildman–Crippen LogP) is 3.62. The second-order valence-corrected chi connectivity index (χ2v) is 7.34. The number of nitrogens with zero attached hydrogens (tertiary/aromatic N) is 1. The second-order valence-electron chi connectivity index (χ2n) is 6.49. The minimum Gasteiger partial charge on any atom is -0.365 e. The Labute approximate surface area is 127 Å². The molecule has 1 heterocycles. The number of thioether (sulfide) groups is 1. The Morgan fingerprint density at radius 2 is 2.00 bits per heavy atom. The normalized spacial score (nSPS) is 27.1. The summed E-state index contributed by atoms with van der Waals surface area (Å²) in [5, 5.41) is 3.80. The van der Waals surface area contributed by atoms with Gasteiger partial charge in [-0.25, -0.2) is 0 Å². The molecule has 2 unspecified atom stereocenters. The van der Waals surface area contributed by atoms with E-state index in [2.05, 4.69) is 54.6 Å². The minimum absolute atomic E-state index is 0.610. The zero-order chi connectivity index (χ0) is 14.1. The zero-order valence-corrected chi connectivity index (χ0v) is 13.6. The summed E-state index contributed by atoms with van der Waals surface area (Å²) < 4.78 is 0. The molecular formula is C17H26N2S. The molecule has 0 radical (unpaired) electrons. The summed E-state index contributed by atoms with van der Waals surface area (Å²) in [5.74, 6) is 1.60. The summed E-state index contributed by atoms with van der Waals surface area (Å²) in [6.07, 6.45) is 5.02. The Bertz CT molecular complexity index is 456. The van der Waals surface area contributed by atoms with Gasteiger partial charge in [0.05, 0.1) is 5.69 Å². The molecule has 1 aromatic carbocycles. The first-order valence-corrected chi connectivity index (χ1v) is 9.06. The summed E-state index contributed by atoms with van der Waals surface area (Å²) in [5.41, 5.74) is 1.44. The smallest absolute Gasteiger partial charge is 0.0507 e. The SMILES string of the molecule is CSc1ccccc1N1CC(C2CC2)NCC1C(C)C. The van der Waals surface area contributed by atoms with Gasteiger partial charge in [0, 0.05) is 30.1 Å². The van der Waals surface area contributed by atoms with Crippen LogP contribution in [-0.4, -0.2) is 31.4 Å². The van der Waals surface area contributed by atoms with Crippen LogP contribution in [-0.2, 0) is 0 Å². The molecule has 1 aliphatic carbocycles. The van der Waals surface area contributed by atoms with E-state index in [1.807, 2.05) is 11.8 Å². The lowest BCUT2D eigenvalue weighted by molar-refractivity contribution is 0.319. The van der Waals surface area contributed by atoms with Gasteiger partial charge in [0.2, 0.25) is 0 Å². The summed E-state index contributed by atoms with van der Waals surface area (Å²) in [4.78, 5) is 4.09. The van der Waals surface area contributed by atoms with E-state index in [4.69, 9.17) is 0 Å². The fourth-order valence-electron chi connectivity index (χ4n) is 3.35. The average Bonchev–Trinajstić information content (AvgIpc) is 3.31. The van der Waals surface area contributed by atoms with Gasteiger partial charge in [0.25, 0.3) is 0 Å². The first-order valence-electron chi connectivity index (χ1n) is 7.83. The van der Waals surface area contributed by atoms with Crippen molar-refractivity contribution >= 4 is 17.4 Å². The van der Waals surface area contributed by atoms with Gasteiger partial charge in [-0.3, -0.25) is 0 Å². The lowest BCUT2D eigenvalue weighted by atomic mass is 9.96. The van der Waals surface area contributed by atoms with Crippen molar-refractivity contribution < 1.29 is 0 Å². The van der Waals surface area contributed by atoms with Crippen molar-refractivity contribution in [3.8, 4) is 0 Å². The van der Waals surface area contributed by atoms with E-state index < -0.39 is 0 Å². The van der Waals surface area contributed by atoms with Crippen LogP contribution in [0.15, 0.2) is 29.2 Å². The molecule has 0 aromatic heterocycles. The summed E-state index contributed by atoms with van der Waals surface area (Å²) in [6.45, 7) is 6.99. The third-order valence-electron chi connectivity index (χ3n) is 4.74. The molecule has 110 valence electrons. The first-order chi connectivity index (χ1) is 9.70. The molecule has 0 amide bonds. The molecule has 1 saturated carbocycles. The van der Waals surface area contributed by atoms with E-state index in [1.165, 1.54) is 30.0 Å². The number of anilines is 1. The lowest BCUT2D eigenvalue weighted by Crippen LogP contribution is -2.59. The third-order valence-corrected chi connectivity index (χ3v) is 5.52. The highest BCUT2D eigenvalue weighted by Crippen LogP contribution is 2.38. The lowest BCUT2D eigenvalue weighted by Gasteiger charge is -2.44. The molecule has 0 spiro atoms. The molecule has 1 aromatic rings. The number of nitrogens with one attached hydrogen (secondary N) is 1. The Morgan fingerprint density at radius 1 is 1.25 bits per heavy atom. The fraction of sp³-hybridized carbons (Fsp3) is 0.647. The van der Waals surface area contributed by atoms with Crippen molar-refractivity contribution in [2.24, 2.45) is 11.8 Å². The van der Waals surface area contributed by atoms with E-state index in [-0.39, 0.29) is 0 Å². The maximum absolute atomic E-state index is 3.80. The van der Waals surface area contributed by atoms with Crippen molar-refractivity contribution in [3.05, 3.63) is 24.3 Å². The van der Waals surface area contributed by atoms with Gasteiger partial charge in [0.15, 0.2) is 0 Å². The molecule has 3 heteroatoms. The van der Waals surface area contributed by atoms with E-state index in [1.54, 1.807) is 0 Å². The fourth-order valence-corrected chi connectivity index (χ4v) is 3.96. The van der Waals surface area contributed by atoms with Gasteiger partial charge in [-0.2, -0.15) is 0 Å². The van der Waals surface area contributed by atoms with Crippen LogP contribution in [0.1, 0.15) is 26.7 Å². The van der Waals surface area contributed by atoms with Gasteiger partial charge in [-0.1, -0.05) is 26.0 Å². The first kappa shape index (κ1) is 14.3. The Kier molecular flexibility index (Phi) is 4.27. The van der Waals surface area contributed by atoms with Crippen LogP contribution in [0.4, 0.5) is 5.69 Å². The molecule has 0 bridgehead atoms. The van der Waals surface area contributed by atoms with Crippen molar-refractivity contribution in [2.75, 3.05) is 24.2 Å². The van der Waals surface area contributed by atoms with Crippen molar-refractivity contribution in [1.82, 2.24) is 5.32 Å². The molecule has 1 aliphatic heterocycles. The van der Waals surface area contributed by atoms with Crippen molar-refractivity contribution in [1.29, 1.82) is 0 Å². The van der Waals surface area contributed by atoms with E-state index in [9.17, 15) is 0 Å². The predicted molar refractivity (Wildman–Crippen MR) is 88.7 cm³/mol. The molecule has 2 nitrogen and oxygen atoms in total. The molecule has 3 rings (SSSR count). The Hall–Kier alpha value is -0.670. The molecule has 2 aliphatic rings. The Morgan fingerprint density at radius 3 is 2.65 bits per heavy atom. The van der Waals surface area contributed by atoms with Crippen molar-refractivity contribution in [2.45, 2.75) is 43.7 Å². The Balaban J connectivity index is 1.88. The maximum atomic E-state index is 3.80. The topological polar surface area (TPSA) is 15.3 Å². The summed E-state index contributed by atoms with van der Waals surface area (Å²) >= 11 is 1.87. The third kappa shape index (κ3) is 2.84. The monoisotopic (exact) mass is 290 g/mol. The van der Waals surface area contributed by atoms with E-state index in [0.717, 1.165) is 12.5 Å². The van der Waals surface area contributed by atoms with Crippen LogP contribution >= 0.6 is 11.8 Å². The number of para-hydroxylation sites is 1. The quantitative estimate of drug-likeness (QED) is 0.853. The highest BCUT2D eigenvalue weighted by molar-refractivity contribution is 7.98. The van der Waals surface area contributed by atoms with Crippen molar-refractivity contribution in [3.63, 3.8) is 0 Å². The summed E-state index contributed by atoms with van der Waals surface area (Å²) in [6, 6.07) is 10.2. The number of piperazine rings is 1. The highest BCUT2D eigenvalue weighted by atomic mass is 32.2. The van der Waals surface area contributed by atoms with E-state index >= 15 is 0 Å². The van der Waals surface area contributed by atoms with Gasteiger partial charge < -0.3 is 10.2 Å². The minimum atomic E-state index is 0.610. The van der Waals surface area contributed by atoms with Gasteiger partial charge in [0.1, 0.15) is 0 Å². The van der Waals surface area contributed by atoms with Crippen LogP contribution in [0.3, 0.4) is 0 Å². The van der Waals surface area contributed by atoms with Crippen LogP contribution in [0.5, 0.6) is 0 Å². The largest absolute Gasteiger partial charge is 0.365 e. The second kappa shape index (κ2) is 5.98. The van der Waals surface area contributed by atoms with E-state index in [0.29, 0.717) is 18.0 Å². The molecule has 1 N–H and O–H groups in total. The number of rotatable bonds is 4. The molecule has 1 saturated heterocycles. The van der Waals surface area contributed by atoms with Crippen LogP contribution < -0.4 is 10.2 Å².